The lowest BCUT2D eigenvalue weighted by atomic mass is 10.1. The second kappa shape index (κ2) is 11.8. The topological polar surface area (TPSA) is 26.3 Å². The summed E-state index contributed by atoms with van der Waals surface area (Å²) in [6.45, 7) is 4.44. The van der Waals surface area contributed by atoms with Crippen LogP contribution in [0.1, 0.15) is 52.4 Å². The Kier molecular flexibility index (Phi) is 11.5. The van der Waals surface area contributed by atoms with E-state index in [-0.39, 0.29) is 17.6 Å². The summed E-state index contributed by atoms with van der Waals surface area (Å²) in [6.07, 6.45) is 2.16. The van der Waals surface area contributed by atoms with Gasteiger partial charge in [-0.1, -0.05) is 33.1 Å². The van der Waals surface area contributed by atoms with Crippen LogP contribution < -0.4 is 0 Å². The number of hydrogen-bond donors (Lipinski definition) is 0. The molecular formula is C13H24F2O2S. The molecule has 1 unspecified atom stereocenters. The van der Waals surface area contributed by atoms with Crippen LogP contribution in [-0.4, -0.2) is 30.0 Å². The van der Waals surface area contributed by atoms with E-state index in [9.17, 15) is 13.6 Å². The third-order valence-corrected chi connectivity index (χ3v) is 3.74. The highest BCUT2D eigenvalue weighted by atomic mass is 32.2. The summed E-state index contributed by atoms with van der Waals surface area (Å²) >= 11 is 1.30. The quantitative estimate of drug-likeness (QED) is 0.418. The Morgan fingerprint density at radius 3 is 2.44 bits per heavy atom. The molecule has 0 aliphatic heterocycles. The van der Waals surface area contributed by atoms with Gasteiger partial charge in [0.25, 0.3) is 0 Å². The maximum Gasteiger partial charge on any atom is 0.319 e. The van der Waals surface area contributed by atoms with Gasteiger partial charge in [-0.2, -0.15) is 0 Å². The summed E-state index contributed by atoms with van der Waals surface area (Å²) < 4.78 is 29.2. The Bertz CT molecular complexity index is 213. The van der Waals surface area contributed by atoms with Crippen LogP contribution in [0.25, 0.3) is 0 Å². The van der Waals surface area contributed by atoms with Crippen LogP contribution in [0.5, 0.6) is 0 Å². The maximum absolute atomic E-state index is 12.1. The number of rotatable bonds is 11. The number of unbranched alkanes of at least 4 members (excludes halogenated alkanes) is 2. The molecule has 0 aromatic carbocycles. The zero-order valence-electron chi connectivity index (χ0n) is 11.3. The van der Waals surface area contributed by atoms with Crippen LogP contribution >= 0.6 is 11.8 Å². The van der Waals surface area contributed by atoms with Gasteiger partial charge >= 0.3 is 5.97 Å². The number of alkyl halides is 2. The molecule has 5 heteroatoms. The third-order valence-electron chi connectivity index (χ3n) is 2.44. The van der Waals surface area contributed by atoms with Gasteiger partial charge in [-0.15, -0.1) is 11.8 Å². The average Bonchev–Trinajstić information content (AvgIpc) is 2.34. The van der Waals surface area contributed by atoms with E-state index in [4.69, 9.17) is 4.74 Å². The summed E-state index contributed by atoms with van der Waals surface area (Å²) in [7, 11) is 0. The van der Waals surface area contributed by atoms with Crippen molar-refractivity contribution in [2.45, 2.75) is 64.0 Å². The van der Waals surface area contributed by atoms with E-state index in [0.717, 1.165) is 32.1 Å². The molecule has 2 nitrogen and oxygen atoms in total. The molecule has 0 aromatic rings. The highest BCUT2D eigenvalue weighted by Gasteiger charge is 2.20. The second-order valence-corrected chi connectivity index (χ2v) is 5.51. The number of esters is 1. The van der Waals surface area contributed by atoms with E-state index in [0.29, 0.717) is 12.4 Å². The molecule has 18 heavy (non-hydrogen) atoms. The first kappa shape index (κ1) is 17.7. The molecule has 0 saturated carbocycles. The van der Waals surface area contributed by atoms with Crippen LogP contribution in [0, 0.1) is 0 Å². The maximum atomic E-state index is 12.1. The molecule has 0 fully saturated rings. The van der Waals surface area contributed by atoms with Crippen molar-refractivity contribution in [1.29, 1.82) is 0 Å². The molecule has 0 amide bonds. The van der Waals surface area contributed by atoms with Crippen molar-refractivity contribution in [2.75, 3.05) is 12.4 Å². The van der Waals surface area contributed by atoms with E-state index in [2.05, 4.69) is 6.92 Å². The lowest BCUT2D eigenvalue weighted by Gasteiger charge is -2.15. The molecule has 0 aromatic heterocycles. The molecular weight excluding hydrogens is 258 g/mol. The molecule has 0 N–H and O–H groups in total. The highest BCUT2D eigenvalue weighted by Crippen LogP contribution is 2.21. The smallest absolute Gasteiger partial charge is 0.319 e. The predicted molar refractivity (Wildman–Crippen MR) is 72.3 cm³/mol. The first-order valence-electron chi connectivity index (χ1n) is 6.68. The van der Waals surface area contributed by atoms with Gasteiger partial charge in [0, 0.05) is 6.42 Å². The molecule has 108 valence electrons. The number of thioether (sulfide) groups is 1. The fourth-order valence-corrected chi connectivity index (χ4v) is 2.58. The Morgan fingerprint density at radius 2 is 1.89 bits per heavy atom. The van der Waals surface area contributed by atoms with Crippen LogP contribution in [0.2, 0.25) is 0 Å². The summed E-state index contributed by atoms with van der Waals surface area (Å²) in [5.74, 6) is 0.0718. The van der Waals surface area contributed by atoms with Crippen LogP contribution in [0.15, 0.2) is 0 Å². The van der Waals surface area contributed by atoms with Crippen molar-refractivity contribution >= 4 is 17.7 Å². The Balaban J connectivity index is 4.01. The van der Waals surface area contributed by atoms with E-state index in [1.807, 2.05) is 6.92 Å². The first-order valence-corrected chi connectivity index (χ1v) is 7.73. The molecule has 1 atom stereocenters. The van der Waals surface area contributed by atoms with E-state index in [1.54, 1.807) is 0 Å². The number of halogens is 2. The Morgan fingerprint density at radius 1 is 1.17 bits per heavy atom. The van der Waals surface area contributed by atoms with Gasteiger partial charge in [-0.05, 0) is 18.6 Å². The van der Waals surface area contributed by atoms with Crippen molar-refractivity contribution in [3.8, 4) is 0 Å². The van der Waals surface area contributed by atoms with Crippen LogP contribution in [0.4, 0.5) is 8.78 Å². The van der Waals surface area contributed by atoms with Crippen molar-refractivity contribution < 1.29 is 18.3 Å². The number of ether oxygens (including phenoxy) is 1. The van der Waals surface area contributed by atoms with Gasteiger partial charge in [-0.25, -0.2) is 8.78 Å². The van der Waals surface area contributed by atoms with Gasteiger partial charge in [0.15, 0.2) is 0 Å². The molecule has 0 aliphatic rings. The predicted octanol–water partition coefficient (Wildman–Crippen LogP) is 4.28. The van der Waals surface area contributed by atoms with Crippen LogP contribution in [0.3, 0.4) is 0 Å². The normalized spacial score (nSPS) is 12.7. The molecule has 0 aliphatic carbocycles. The molecule has 0 heterocycles. The third kappa shape index (κ3) is 9.68. The van der Waals surface area contributed by atoms with Gasteiger partial charge in [0.1, 0.15) is 5.25 Å². The standard InChI is InChI=1S/C13H24F2O2S/c1-3-5-6-7-11(13(16)17-9-4-2)18-10-8-12(14)15/h11-12H,3-10H2,1-2H3. The zero-order valence-corrected chi connectivity index (χ0v) is 12.1. The molecule has 0 bridgehead atoms. The minimum absolute atomic E-state index is 0.157. The van der Waals surface area contributed by atoms with Gasteiger partial charge in [-0.3, -0.25) is 4.79 Å². The summed E-state index contributed by atoms with van der Waals surface area (Å²) in [6, 6.07) is 0. The van der Waals surface area contributed by atoms with Crippen molar-refractivity contribution in [1.82, 2.24) is 0 Å². The average molecular weight is 282 g/mol. The largest absolute Gasteiger partial charge is 0.465 e. The number of carbonyl (C=O) groups is 1. The zero-order chi connectivity index (χ0) is 13.8. The van der Waals surface area contributed by atoms with E-state index in [1.165, 1.54) is 11.8 Å². The minimum atomic E-state index is -2.29. The number of hydrogen-bond acceptors (Lipinski definition) is 3. The number of carbonyl (C=O) groups excluding carboxylic acids is 1. The van der Waals surface area contributed by atoms with Gasteiger partial charge in [0.2, 0.25) is 6.43 Å². The summed E-state index contributed by atoms with van der Waals surface area (Å²) in [5, 5.41) is -0.276. The monoisotopic (exact) mass is 282 g/mol. The lowest BCUT2D eigenvalue weighted by Crippen LogP contribution is -2.21. The van der Waals surface area contributed by atoms with Gasteiger partial charge < -0.3 is 4.74 Å². The fourth-order valence-electron chi connectivity index (χ4n) is 1.44. The molecule has 0 saturated heterocycles. The van der Waals surface area contributed by atoms with Gasteiger partial charge in [0.05, 0.1) is 6.61 Å². The van der Waals surface area contributed by atoms with Crippen molar-refractivity contribution in [3.05, 3.63) is 0 Å². The van der Waals surface area contributed by atoms with E-state index < -0.39 is 6.43 Å². The minimum Gasteiger partial charge on any atom is -0.465 e. The fraction of sp³-hybridized carbons (Fsp3) is 0.923. The van der Waals surface area contributed by atoms with Crippen LogP contribution in [-0.2, 0) is 9.53 Å². The van der Waals surface area contributed by atoms with Crippen molar-refractivity contribution in [3.63, 3.8) is 0 Å². The van der Waals surface area contributed by atoms with Crippen molar-refractivity contribution in [2.24, 2.45) is 0 Å². The molecule has 0 radical (unpaired) electrons. The summed E-state index contributed by atoms with van der Waals surface area (Å²) in [4.78, 5) is 11.7. The first-order chi connectivity index (χ1) is 8.61. The SMILES string of the molecule is CCCCCC(SCCC(F)F)C(=O)OCCC. The summed E-state index contributed by atoms with van der Waals surface area (Å²) in [5.41, 5.74) is 0. The highest BCUT2D eigenvalue weighted by molar-refractivity contribution is 8.00. The Labute approximate surface area is 113 Å². The Hall–Kier alpha value is -0.320. The molecule has 0 rings (SSSR count). The van der Waals surface area contributed by atoms with E-state index >= 15 is 0 Å². The second-order valence-electron chi connectivity index (χ2n) is 4.20. The lowest BCUT2D eigenvalue weighted by molar-refractivity contribution is -0.143. The molecule has 0 spiro atoms.